The summed E-state index contributed by atoms with van der Waals surface area (Å²) >= 11 is 5.91. The Morgan fingerprint density at radius 1 is 1.04 bits per heavy atom. The van der Waals surface area contributed by atoms with Gasteiger partial charge in [-0.2, -0.15) is 5.26 Å². The van der Waals surface area contributed by atoms with Crippen LogP contribution in [0.1, 0.15) is 15.9 Å². The molecule has 25 heavy (non-hydrogen) atoms. The number of carbonyl (C=O) groups excluding carboxylic acids is 1. The van der Waals surface area contributed by atoms with Gasteiger partial charge < -0.3 is 9.80 Å². The van der Waals surface area contributed by atoms with Gasteiger partial charge in [0.25, 0.3) is 5.91 Å². The normalized spacial score (nSPS) is 14.3. The predicted molar refractivity (Wildman–Crippen MR) is 90.6 cm³/mol. The van der Waals surface area contributed by atoms with Crippen LogP contribution in [0, 0.1) is 23.0 Å². The molecule has 0 radical (unpaired) electrons. The molecule has 128 valence electrons. The Kier molecular flexibility index (Phi) is 4.86. The van der Waals surface area contributed by atoms with Crippen molar-refractivity contribution in [1.82, 2.24) is 4.90 Å². The highest BCUT2D eigenvalue weighted by Crippen LogP contribution is 2.25. The lowest BCUT2D eigenvalue weighted by molar-refractivity contribution is 0.0746. The molecule has 0 N–H and O–H groups in total. The van der Waals surface area contributed by atoms with Gasteiger partial charge in [-0.25, -0.2) is 8.78 Å². The first kappa shape index (κ1) is 17.2. The van der Waals surface area contributed by atoms with E-state index in [4.69, 9.17) is 11.6 Å². The minimum Gasteiger partial charge on any atom is -0.367 e. The molecule has 2 aromatic rings. The molecule has 0 aromatic heterocycles. The third-order valence-corrected chi connectivity index (χ3v) is 4.39. The Morgan fingerprint density at radius 2 is 1.76 bits per heavy atom. The Hall–Kier alpha value is -2.65. The maximum atomic E-state index is 13.3. The number of rotatable bonds is 2. The lowest BCUT2D eigenvalue weighted by Gasteiger charge is -2.36. The summed E-state index contributed by atoms with van der Waals surface area (Å²) in [5.74, 6) is -2.35. The quantitative estimate of drug-likeness (QED) is 0.823. The standard InChI is InChI=1S/C18H14ClF2N3O/c19-14-2-4-17(13(9-14)11-22)23-5-7-24(8-6-23)18(25)12-1-3-15(20)16(21)10-12/h1-4,9-10H,5-8H2. The highest BCUT2D eigenvalue weighted by atomic mass is 35.5. The number of hydrogen-bond donors (Lipinski definition) is 0. The van der Waals surface area contributed by atoms with Gasteiger partial charge in [-0.1, -0.05) is 11.6 Å². The first-order valence-electron chi connectivity index (χ1n) is 7.68. The number of benzene rings is 2. The number of carbonyl (C=O) groups is 1. The van der Waals surface area contributed by atoms with Crippen LogP contribution in [0.25, 0.3) is 0 Å². The average molecular weight is 362 g/mol. The minimum absolute atomic E-state index is 0.122. The second-order valence-electron chi connectivity index (χ2n) is 5.68. The molecule has 1 saturated heterocycles. The van der Waals surface area contributed by atoms with Gasteiger partial charge >= 0.3 is 0 Å². The number of piperazine rings is 1. The summed E-state index contributed by atoms with van der Waals surface area (Å²) in [7, 11) is 0. The fourth-order valence-corrected chi connectivity index (χ4v) is 3.01. The second kappa shape index (κ2) is 7.08. The minimum atomic E-state index is -1.04. The molecule has 0 aliphatic carbocycles. The van der Waals surface area contributed by atoms with Gasteiger partial charge in [0.1, 0.15) is 6.07 Å². The van der Waals surface area contributed by atoms with Crippen LogP contribution in [0.3, 0.4) is 0 Å². The molecule has 1 heterocycles. The van der Waals surface area contributed by atoms with Crippen LogP contribution >= 0.6 is 11.6 Å². The van der Waals surface area contributed by atoms with E-state index in [0.717, 1.165) is 17.8 Å². The lowest BCUT2D eigenvalue weighted by atomic mass is 10.1. The monoisotopic (exact) mass is 361 g/mol. The summed E-state index contributed by atoms with van der Waals surface area (Å²) in [4.78, 5) is 16.0. The largest absolute Gasteiger partial charge is 0.367 e. The molecule has 0 atom stereocenters. The first-order chi connectivity index (χ1) is 12.0. The van der Waals surface area contributed by atoms with Crippen molar-refractivity contribution in [3.8, 4) is 6.07 Å². The smallest absolute Gasteiger partial charge is 0.254 e. The van der Waals surface area contributed by atoms with E-state index in [2.05, 4.69) is 6.07 Å². The van der Waals surface area contributed by atoms with E-state index in [9.17, 15) is 18.8 Å². The van der Waals surface area contributed by atoms with Crippen molar-refractivity contribution in [1.29, 1.82) is 5.26 Å². The number of nitriles is 1. The van der Waals surface area contributed by atoms with Crippen LogP contribution in [-0.4, -0.2) is 37.0 Å². The van der Waals surface area contributed by atoms with E-state index in [-0.39, 0.29) is 11.5 Å². The zero-order valence-corrected chi connectivity index (χ0v) is 13.9. The summed E-state index contributed by atoms with van der Waals surface area (Å²) < 4.78 is 26.3. The zero-order valence-electron chi connectivity index (χ0n) is 13.2. The Balaban J connectivity index is 1.70. The van der Waals surface area contributed by atoms with Crippen LogP contribution in [0.2, 0.25) is 5.02 Å². The van der Waals surface area contributed by atoms with Crippen LogP contribution in [-0.2, 0) is 0 Å². The summed E-state index contributed by atoms with van der Waals surface area (Å²) in [5.41, 5.74) is 1.37. The average Bonchev–Trinajstić information content (AvgIpc) is 2.63. The number of halogens is 3. The number of amides is 1. The van der Waals surface area contributed by atoms with Crippen LogP contribution < -0.4 is 4.90 Å². The zero-order chi connectivity index (χ0) is 18.0. The van der Waals surface area contributed by atoms with Gasteiger partial charge in [-0.15, -0.1) is 0 Å². The van der Waals surface area contributed by atoms with Crippen molar-refractivity contribution >= 4 is 23.2 Å². The molecule has 1 aliphatic heterocycles. The number of nitrogens with zero attached hydrogens (tertiary/aromatic N) is 3. The van der Waals surface area contributed by atoms with Crippen LogP contribution in [0.4, 0.5) is 14.5 Å². The van der Waals surface area contributed by atoms with Crippen molar-refractivity contribution in [2.45, 2.75) is 0 Å². The molecule has 3 rings (SSSR count). The summed E-state index contributed by atoms with van der Waals surface area (Å²) in [5, 5.41) is 9.74. The highest BCUT2D eigenvalue weighted by molar-refractivity contribution is 6.30. The van der Waals surface area contributed by atoms with Crippen molar-refractivity contribution in [3.05, 3.63) is 64.2 Å². The lowest BCUT2D eigenvalue weighted by Crippen LogP contribution is -2.49. The van der Waals surface area contributed by atoms with E-state index < -0.39 is 11.6 Å². The van der Waals surface area contributed by atoms with Gasteiger partial charge in [0.2, 0.25) is 0 Å². The molecule has 1 fully saturated rings. The van der Waals surface area contributed by atoms with Crippen molar-refractivity contribution in [2.24, 2.45) is 0 Å². The van der Waals surface area contributed by atoms with E-state index in [1.165, 1.54) is 6.07 Å². The molecule has 0 unspecified atom stereocenters. The van der Waals surface area contributed by atoms with Crippen molar-refractivity contribution in [3.63, 3.8) is 0 Å². The second-order valence-corrected chi connectivity index (χ2v) is 6.12. The maximum absolute atomic E-state index is 13.3. The third-order valence-electron chi connectivity index (χ3n) is 4.15. The molecule has 0 spiro atoms. The van der Waals surface area contributed by atoms with Gasteiger partial charge in [-0.3, -0.25) is 4.79 Å². The topological polar surface area (TPSA) is 47.3 Å². The van der Waals surface area contributed by atoms with Crippen molar-refractivity contribution < 1.29 is 13.6 Å². The van der Waals surface area contributed by atoms with Gasteiger partial charge in [-0.05, 0) is 36.4 Å². The Bertz CT molecular complexity index is 858. The van der Waals surface area contributed by atoms with Gasteiger partial charge in [0.15, 0.2) is 11.6 Å². The SMILES string of the molecule is N#Cc1cc(Cl)ccc1N1CCN(C(=O)c2ccc(F)c(F)c2)CC1. The number of anilines is 1. The number of hydrogen-bond acceptors (Lipinski definition) is 3. The molecule has 1 aliphatic rings. The molecule has 0 bridgehead atoms. The molecule has 1 amide bonds. The fraction of sp³-hybridized carbons (Fsp3) is 0.222. The molecular weight excluding hydrogens is 348 g/mol. The Morgan fingerprint density at radius 3 is 2.40 bits per heavy atom. The van der Waals surface area contributed by atoms with E-state index in [1.807, 2.05) is 4.90 Å². The van der Waals surface area contributed by atoms with E-state index in [0.29, 0.717) is 36.8 Å². The van der Waals surface area contributed by atoms with Crippen LogP contribution in [0.15, 0.2) is 36.4 Å². The molecular formula is C18H14ClF2N3O. The first-order valence-corrected chi connectivity index (χ1v) is 8.06. The predicted octanol–water partition coefficient (Wildman–Crippen LogP) is 3.45. The molecule has 0 saturated carbocycles. The molecule has 2 aromatic carbocycles. The van der Waals surface area contributed by atoms with Gasteiger partial charge in [0.05, 0.1) is 11.3 Å². The summed E-state index contributed by atoms with van der Waals surface area (Å²) in [6.07, 6.45) is 0. The maximum Gasteiger partial charge on any atom is 0.254 e. The van der Waals surface area contributed by atoms with Gasteiger partial charge in [0, 0.05) is 36.8 Å². The van der Waals surface area contributed by atoms with E-state index in [1.54, 1.807) is 23.1 Å². The summed E-state index contributed by atoms with van der Waals surface area (Å²) in [6.45, 7) is 1.91. The summed E-state index contributed by atoms with van der Waals surface area (Å²) in [6, 6.07) is 10.4. The van der Waals surface area contributed by atoms with Crippen LogP contribution in [0.5, 0.6) is 0 Å². The fourth-order valence-electron chi connectivity index (χ4n) is 2.84. The molecule has 4 nitrogen and oxygen atoms in total. The molecule has 7 heteroatoms. The van der Waals surface area contributed by atoms with E-state index >= 15 is 0 Å². The van der Waals surface area contributed by atoms with Crippen molar-refractivity contribution in [2.75, 3.05) is 31.1 Å². The Labute approximate surface area is 148 Å². The third kappa shape index (κ3) is 3.57. The highest BCUT2D eigenvalue weighted by Gasteiger charge is 2.24.